The first-order chi connectivity index (χ1) is 20.3. The van der Waals surface area contributed by atoms with Gasteiger partial charge in [-0.05, 0) is 37.0 Å². The third-order valence-electron chi connectivity index (χ3n) is 8.44. The van der Waals surface area contributed by atoms with E-state index >= 15 is 4.39 Å². The molecule has 4 aliphatic heterocycles. The first-order valence-electron chi connectivity index (χ1n) is 14.3. The second-order valence-corrected chi connectivity index (χ2v) is 11.3. The van der Waals surface area contributed by atoms with Gasteiger partial charge in [0.15, 0.2) is 0 Å². The Hall–Kier alpha value is -4.32. The second-order valence-electron chi connectivity index (χ2n) is 11.3. The minimum absolute atomic E-state index is 0.0219. The zero-order chi connectivity index (χ0) is 29.4. The molecule has 4 aliphatic rings. The molecular formula is C30H32FN5O6. The van der Waals surface area contributed by atoms with Crippen LogP contribution in [0.2, 0.25) is 0 Å². The molecule has 0 bridgehead atoms. The van der Waals surface area contributed by atoms with Crippen molar-refractivity contribution >= 4 is 35.4 Å². The molecule has 3 fully saturated rings. The summed E-state index contributed by atoms with van der Waals surface area (Å²) in [6, 6.07) is 11.0. The van der Waals surface area contributed by atoms with Crippen LogP contribution in [-0.4, -0.2) is 84.3 Å². The average molecular weight is 578 g/mol. The number of likely N-dealkylation sites (tertiary alicyclic amines) is 1. The Morgan fingerprint density at radius 3 is 2.36 bits per heavy atom. The van der Waals surface area contributed by atoms with E-state index in [1.807, 2.05) is 35.2 Å². The number of imide groups is 2. The molecule has 0 aliphatic carbocycles. The normalized spacial score (nSPS) is 21.7. The molecule has 6 rings (SSSR count). The van der Waals surface area contributed by atoms with Crippen LogP contribution < -0.4 is 15.5 Å². The number of ether oxygens (including phenoxy) is 1. The van der Waals surface area contributed by atoms with Crippen molar-refractivity contribution in [2.45, 2.75) is 44.4 Å². The number of carbonyl (C=O) groups excluding carboxylic acids is 5. The fraction of sp³-hybridized carbons (Fsp3) is 0.433. The lowest BCUT2D eigenvalue weighted by Gasteiger charge is -2.44. The maximum Gasteiger partial charge on any atom is 0.407 e. The zero-order valence-corrected chi connectivity index (χ0v) is 23.0. The molecule has 0 radical (unpaired) electrons. The Kier molecular flexibility index (Phi) is 7.63. The predicted octanol–water partition coefficient (Wildman–Crippen LogP) is 2.05. The minimum Gasteiger partial charge on any atom is -0.445 e. The van der Waals surface area contributed by atoms with E-state index in [-0.39, 0.29) is 42.3 Å². The molecular weight excluding hydrogens is 545 g/mol. The van der Waals surface area contributed by atoms with Gasteiger partial charge in [0.05, 0.1) is 16.8 Å². The number of halogens is 1. The molecule has 3 saturated heterocycles. The van der Waals surface area contributed by atoms with Gasteiger partial charge in [0.25, 0.3) is 11.8 Å². The lowest BCUT2D eigenvalue weighted by atomic mass is 9.95. The van der Waals surface area contributed by atoms with Crippen molar-refractivity contribution in [1.29, 1.82) is 0 Å². The topological polar surface area (TPSA) is 128 Å². The molecule has 0 saturated carbocycles. The molecule has 42 heavy (non-hydrogen) atoms. The molecule has 220 valence electrons. The van der Waals surface area contributed by atoms with Crippen molar-refractivity contribution in [3.05, 3.63) is 65.0 Å². The van der Waals surface area contributed by atoms with Crippen LogP contribution in [0.1, 0.15) is 52.0 Å². The van der Waals surface area contributed by atoms with E-state index < -0.39 is 41.6 Å². The number of benzene rings is 2. The van der Waals surface area contributed by atoms with E-state index in [1.165, 1.54) is 6.07 Å². The highest BCUT2D eigenvalue weighted by molar-refractivity contribution is 6.23. The standard InChI is InChI=1S/C30H32FN5O6/c31-23-12-21-22(29(40)36(28(21)39)24-6-7-26(37)33-27(24)38)13-25(23)35-15-19(16-35)14-34-10-8-20(9-11-34)32-30(41)42-17-18-4-2-1-3-5-18/h1-5,12-13,19-20,24H,6-11,14-17H2,(H,32,41)(H,33,37,38). The van der Waals surface area contributed by atoms with Crippen molar-refractivity contribution < 1.29 is 33.1 Å². The number of nitrogens with one attached hydrogen (secondary N) is 2. The van der Waals surface area contributed by atoms with Crippen LogP contribution in [0.25, 0.3) is 0 Å². The summed E-state index contributed by atoms with van der Waals surface area (Å²) in [7, 11) is 0. The summed E-state index contributed by atoms with van der Waals surface area (Å²) in [5, 5.41) is 5.11. The van der Waals surface area contributed by atoms with Gasteiger partial charge in [0.1, 0.15) is 18.5 Å². The van der Waals surface area contributed by atoms with Gasteiger partial charge in [0.2, 0.25) is 11.8 Å². The Morgan fingerprint density at radius 1 is 0.976 bits per heavy atom. The van der Waals surface area contributed by atoms with Crippen molar-refractivity contribution in [2.75, 3.05) is 37.6 Å². The molecule has 4 heterocycles. The van der Waals surface area contributed by atoms with Crippen LogP contribution in [0.5, 0.6) is 0 Å². The number of hydrogen-bond donors (Lipinski definition) is 2. The number of carbonyl (C=O) groups is 5. The predicted molar refractivity (Wildman–Crippen MR) is 148 cm³/mol. The molecule has 1 unspecified atom stereocenters. The first-order valence-corrected chi connectivity index (χ1v) is 14.3. The molecule has 2 aromatic rings. The molecule has 5 amide bonds. The van der Waals surface area contributed by atoms with Gasteiger partial charge in [0, 0.05) is 51.1 Å². The monoisotopic (exact) mass is 577 g/mol. The van der Waals surface area contributed by atoms with Crippen molar-refractivity contribution in [3.63, 3.8) is 0 Å². The maximum atomic E-state index is 15.1. The Bertz CT molecular complexity index is 1420. The highest BCUT2D eigenvalue weighted by atomic mass is 19.1. The molecule has 12 heteroatoms. The van der Waals surface area contributed by atoms with Gasteiger partial charge in [-0.25, -0.2) is 9.18 Å². The van der Waals surface area contributed by atoms with Gasteiger partial charge in [-0.15, -0.1) is 0 Å². The average Bonchev–Trinajstić information content (AvgIpc) is 3.19. The van der Waals surface area contributed by atoms with E-state index in [0.717, 1.165) is 49.0 Å². The lowest BCUT2D eigenvalue weighted by Crippen LogP contribution is -2.54. The van der Waals surface area contributed by atoms with Crippen LogP contribution in [0.3, 0.4) is 0 Å². The lowest BCUT2D eigenvalue weighted by molar-refractivity contribution is -0.136. The summed E-state index contributed by atoms with van der Waals surface area (Å²) in [6.07, 6.45) is 1.29. The molecule has 0 spiro atoms. The van der Waals surface area contributed by atoms with Crippen molar-refractivity contribution in [1.82, 2.24) is 20.4 Å². The number of anilines is 1. The first kappa shape index (κ1) is 27.8. The summed E-state index contributed by atoms with van der Waals surface area (Å²) in [4.78, 5) is 67.0. The number of nitrogens with zero attached hydrogens (tertiary/aromatic N) is 3. The fourth-order valence-corrected chi connectivity index (χ4v) is 6.16. The van der Waals surface area contributed by atoms with Gasteiger partial charge >= 0.3 is 6.09 Å². The molecule has 2 aromatic carbocycles. The highest BCUT2D eigenvalue weighted by Crippen LogP contribution is 2.35. The van der Waals surface area contributed by atoms with E-state index in [0.29, 0.717) is 19.0 Å². The van der Waals surface area contributed by atoms with Gasteiger partial charge in [-0.3, -0.25) is 29.4 Å². The van der Waals surface area contributed by atoms with Crippen LogP contribution in [0, 0.1) is 11.7 Å². The van der Waals surface area contributed by atoms with Gasteiger partial charge < -0.3 is 19.9 Å². The van der Waals surface area contributed by atoms with E-state index in [9.17, 15) is 24.0 Å². The van der Waals surface area contributed by atoms with Crippen LogP contribution in [-0.2, 0) is 20.9 Å². The Balaban J connectivity index is 0.974. The SMILES string of the molecule is O=C1CCC(N2C(=O)c3cc(F)c(N4CC(CN5CCC(NC(=O)OCc6ccccc6)CC5)C4)cc3C2=O)C(=O)N1. The maximum absolute atomic E-state index is 15.1. The molecule has 0 aromatic heterocycles. The third-order valence-corrected chi connectivity index (χ3v) is 8.44. The summed E-state index contributed by atoms with van der Waals surface area (Å²) in [5.74, 6) is -2.80. The summed E-state index contributed by atoms with van der Waals surface area (Å²) < 4.78 is 20.4. The highest BCUT2D eigenvalue weighted by Gasteiger charge is 2.45. The number of fused-ring (bicyclic) bond motifs is 1. The van der Waals surface area contributed by atoms with E-state index in [2.05, 4.69) is 15.5 Å². The zero-order valence-electron chi connectivity index (χ0n) is 23.0. The fourth-order valence-electron chi connectivity index (χ4n) is 6.16. The number of alkyl carbamates (subject to hydrolysis) is 1. The number of rotatable bonds is 7. The third kappa shape index (κ3) is 5.58. The smallest absolute Gasteiger partial charge is 0.407 e. The number of amides is 5. The van der Waals surface area contributed by atoms with Crippen LogP contribution in [0.15, 0.2) is 42.5 Å². The van der Waals surface area contributed by atoms with Gasteiger partial charge in [-0.2, -0.15) is 0 Å². The van der Waals surface area contributed by atoms with E-state index in [4.69, 9.17) is 4.74 Å². The Labute approximate surface area is 242 Å². The largest absolute Gasteiger partial charge is 0.445 e. The summed E-state index contributed by atoms with van der Waals surface area (Å²) in [6.45, 7) is 3.96. The number of hydrogen-bond acceptors (Lipinski definition) is 8. The molecule has 11 nitrogen and oxygen atoms in total. The van der Waals surface area contributed by atoms with E-state index in [1.54, 1.807) is 0 Å². The molecule has 1 atom stereocenters. The summed E-state index contributed by atoms with van der Waals surface area (Å²) >= 11 is 0. The number of piperidine rings is 2. The quantitative estimate of drug-likeness (QED) is 0.479. The van der Waals surface area contributed by atoms with Crippen LogP contribution >= 0.6 is 0 Å². The minimum atomic E-state index is -1.09. The van der Waals surface area contributed by atoms with Crippen molar-refractivity contribution in [2.24, 2.45) is 5.92 Å². The Morgan fingerprint density at radius 2 is 1.67 bits per heavy atom. The summed E-state index contributed by atoms with van der Waals surface area (Å²) in [5.41, 5.74) is 1.20. The molecule has 2 N–H and O–H groups in total. The second kappa shape index (κ2) is 11.5. The van der Waals surface area contributed by atoms with Crippen LogP contribution in [0.4, 0.5) is 14.9 Å². The van der Waals surface area contributed by atoms with Gasteiger partial charge in [-0.1, -0.05) is 30.3 Å². The van der Waals surface area contributed by atoms with Crippen molar-refractivity contribution in [3.8, 4) is 0 Å².